The molecule has 0 saturated carbocycles. The minimum absolute atomic E-state index is 0.741. The average molecular weight is 188 g/mol. The molecule has 1 aromatic heterocycles. The molecule has 1 heterocycles. The van der Waals surface area contributed by atoms with Gasteiger partial charge in [-0.1, -0.05) is 12.1 Å². The van der Waals surface area contributed by atoms with E-state index in [1.807, 2.05) is 31.2 Å². The second kappa shape index (κ2) is 3.49. The fourth-order valence-corrected chi connectivity index (χ4v) is 1.29. The van der Waals surface area contributed by atoms with Crippen molar-refractivity contribution in [1.82, 2.24) is 15.2 Å². The predicted molar refractivity (Wildman–Crippen MR) is 54.8 cm³/mol. The maximum Gasteiger partial charge on any atom is 0.155 e. The van der Waals surface area contributed by atoms with Crippen LogP contribution < -0.4 is 5.73 Å². The van der Waals surface area contributed by atoms with Crippen molar-refractivity contribution in [1.29, 1.82) is 0 Å². The molecule has 0 atom stereocenters. The Hall–Kier alpha value is -1.84. The molecule has 72 valence electrons. The SMILES string of the molecule is Cc1nc(Cc2ccc(N)cc2)n[nH]1. The number of aromatic amines is 1. The van der Waals surface area contributed by atoms with Gasteiger partial charge in [0, 0.05) is 12.1 Å². The fourth-order valence-electron chi connectivity index (χ4n) is 1.29. The molecule has 0 amide bonds. The van der Waals surface area contributed by atoms with Crippen LogP contribution in [0, 0.1) is 6.92 Å². The lowest BCUT2D eigenvalue weighted by atomic mass is 10.1. The van der Waals surface area contributed by atoms with Crippen LogP contribution in [0.2, 0.25) is 0 Å². The molecule has 0 aliphatic carbocycles. The molecule has 4 heteroatoms. The Morgan fingerprint density at radius 2 is 2.00 bits per heavy atom. The summed E-state index contributed by atoms with van der Waals surface area (Å²) in [6.07, 6.45) is 0.741. The molecule has 0 fully saturated rings. The topological polar surface area (TPSA) is 67.6 Å². The number of anilines is 1. The molecule has 0 spiro atoms. The smallest absolute Gasteiger partial charge is 0.155 e. The van der Waals surface area contributed by atoms with Crippen LogP contribution in [-0.2, 0) is 6.42 Å². The number of aryl methyl sites for hydroxylation is 1. The Morgan fingerprint density at radius 3 is 2.57 bits per heavy atom. The van der Waals surface area contributed by atoms with E-state index in [9.17, 15) is 0 Å². The highest BCUT2D eigenvalue weighted by Gasteiger charge is 2.00. The summed E-state index contributed by atoms with van der Waals surface area (Å²) < 4.78 is 0. The molecule has 0 unspecified atom stereocenters. The van der Waals surface area contributed by atoms with Crippen molar-refractivity contribution in [2.45, 2.75) is 13.3 Å². The Balaban J connectivity index is 2.15. The zero-order valence-corrected chi connectivity index (χ0v) is 7.99. The molecular weight excluding hydrogens is 176 g/mol. The molecule has 1 aromatic carbocycles. The number of nitrogen functional groups attached to an aromatic ring is 1. The number of benzene rings is 1. The first kappa shape index (κ1) is 8.74. The van der Waals surface area contributed by atoms with Crippen molar-refractivity contribution in [2.75, 3.05) is 5.73 Å². The zero-order chi connectivity index (χ0) is 9.97. The van der Waals surface area contributed by atoms with Gasteiger partial charge in [-0.25, -0.2) is 4.98 Å². The summed E-state index contributed by atoms with van der Waals surface area (Å²) in [7, 11) is 0. The minimum atomic E-state index is 0.741. The summed E-state index contributed by atoms with van der Waals surface area (Å²) in [4.78, 5) is 4.23. The monoisotopic (exact) mass is 188 g/mol. The summed E-state index contributed by atoms with van der Waals surface area (Å²) >= 11 is 0. The van der Waals surface area contributed by atoms with Crippen LogP contribution >= 0.6 is 0 Å². The van der Waals surface area contributed by atoms with Crippen molar-refractivity contribution >= 4 is 5.69 Å². The number of hydrogen-bond acceptors (Lipinski definition) is 3. The first-order chi connectivity index (χ1) is 6.74. The zero-order valence-electron chi connectivity index (χ0n) is 7.99. The molecule has 0 saturated heterocycles. The van der Waals surface area contributed by atoms with E-state index in [0.29, 0.717) is 0 Å². The van der Waals surface area contributed by atoms with Gasteiger partial charge in [0.05, 0.1) is 0 Å². The molecular formula is C10H12N4. The summed E-state index contributed by atoms with van der Waals surface area (Å²) in [6.45, 7) is 1.89. The van der Waals surface area contributed by atoms with Crippen molar-refractivity contribution < 1.29 is 0 Å². The highest BCUT2D eigenvalue weighted by atomic mass is 15.2. The number of rotatable bonds is 2. The van der Waals surface area contributed by atoms with Crippen molar-refractivity contribution in [2.24, 2.45) is 0 Å². The summed E-state index contributed by atoms with van der Waals surface area (Å²) in [5, 5.41) is 6.88. The van der Waals surface area contributed by atoms with Gasteiger partial charge >= 0.3 is 0 Å². The lowest BCUT2D eigenvalue weighted by Crippen LogP contribution is -1.92. The van der Waals surface area contributed by atoms with Gasteiger partial charge in [-0.15, -0.1) is 0 Å². The van der Waals surface area contributed by atoms with Crippen LogP contribution in [0.4, 0.5) is 5.69 Å². The molecule has 2 aromatic rings. The highest BCUT2D eigenvalue weighted by molar-refractivity contribution is 5.39. The van der Waals surface area contributed by atoms with E-state index in [1.54, 1.807) is 0 Å². The van der Waals surface area contributed by atoms with Gasteiger partial charge in [0.15, 0.2) is 5.82 Å². The summed E-state index contributed by atoms with van der Waals surface area (Å²) in [6, 6.07) is 7.74. The van der Waals surface area contributed by atoms with E-state index in [1.165, 1.54) is 5.56 Å². The Labute approximate surface area is 82.2 Å². The predicted octanol–water partition coefficient (Wildman–Crippen LogP) is 1.29. The van der Waals surface area contributed by atoms with Gasteiger partial charge in [0.1, 0.15) is 5.82 Å². The first-order valence-electron chi connectivity index (χ1n) is 4.46. The van der Waals surface area contributed by atoms with Gasteiger partial charge in [0.2, 0.25) is 0 Å². The molecule has 0 aliphatic rings. The number of nitrogens with two attached hydrogens (primary N) is 1. The second-order valence-electron chi connectivity index (χ2n) is 3.26. The van der Waals surface area contributed by atoms with Crippen LogP contribution in [0.5, 0.6) is 0 Å². The molecule has 14 heavy (non-hydrogen) atoms. The van der Waals surface area contributed by atoms with Crippen LogP contribution in [0.25, 0.3) is 0 Å². The van der Waals surface area contributed by atoms with Crippen molar-refractivity contribution in [3.63, 3.8) is 0 Å². The van der Waals surface area contributed by atoms with Crippen molar-refractivity contribution in [3.8, 4) is 0 Å². The van der Waals surface area contributed by atoms with E-state index in [4.69, 9.17) is 5.73 Å². The second-order valence-corrected chi connectivity index (χ2v) is 3.26. The summed E-state index contributed by atoms with van der Waals surface area (Å²) in [5.74, 6) is 1.66. The number of nitrogens with zero attached hydrogens (tertiary/aromatic N) is 2. The van der Waals surface area contributed by atoms with Gasteiger partial charge in [-0.05, 0) is 24.6 Å². The number of H-pyrrole nitrogens is 1. The number of aromatic nitrogens is 3. The van der Waals surface area contributed by atoms with Gasteiger partial charge < -0.3 is 5.73 Å². The normalized spacial score (nSPS) is 10.4. The van der Waals surface area contributed by atoms with E-state index in [0.717, 1.165) is 23.8 Å². The van der Waals surface area contributed by atoms with Gasteiger partial charge in [-0.2, -0.15) is 5.10 Å². The van der Waals surface area contributed by atoms with Crippen LogP contribution in [0.15, 0.2) is 24.3 Å². The maximum atomic E-state index is 5.59. The minimum Gasteiger partial charge on any atom is -0.399 e. The van der Waals surface area contributed by atoms with E-state index in [2.05, 4.69) is 15.2 Å². The van der Waals surface area contributed by atoms with Crippen LogP contribution in [-0.4, -0.2) is 15.2 Å². The van der Waals surface area contributed by atoms with Crippen molar-refractivity contribution in [3.05, 3.63) is 41.5 Å². The lowest BCUT2D eigenvalue weighted by Gasteiger charge is -1.97. The van der Waals surface area contributed by atoms with Gasteiger partial charge in [0.25, 0.3) is 0 Å². The standard InChI is InChI=1S/C10H12N4/c1-7-12-10(14-13-7)6-8-2-4-9(11)5-3-8/h2-5H,6,11H2,1H3,(H,12,13,14). The lowest BCUT2D eigenvalue weighted by molar-refractivity contribution is 0.970. The quantitative estimate of drug-likeness (QED) is 0.698. The largest absolute Gasteiger partial charge is 0.399 e. The van der Waals surface area contributed by atoms with Crippen LogP contribution in [0.1, 0.15) is 17.2 Å². The third-order valence-electron chi connectivity index (χ3n) is 1.99. The molecule has 2 rings (SSSR count). The third kappa shape index (κ3) is 1.90. The van der Waals surface area contributed by atoms with Crippen LogP contribution in [0.3, 0.4) is 0 Å². The molecule has 0 radical (unpaired) electrons. The fraction of sp³-hybridized carbons (Fsp3) is 0.200. The van der Waals surface area contributed by atoms with E-state index < -0.39 is 0 Å². The average Bonchev–Trinajstić information content (AvgIpc) is 2.56. The number of hydrogen-bond donors (Lipinski definition) is 2. The molecule has 0 aliphatic heterocycles. The maximum absolute atomic E-state index is 5.59. The highest BCUT2D eigenvalue weighted by Crippen LogP contribution is 2.08. The first-order valence-corrected chi connectivity index (χ1v) is 4.46. The Morgan fingerprint density at radius 1 is 1.29 bits per heavy atom. The Kier molecular flexibility index (Phi) is 2.18. The number of nitrogens with one attached hydrogen (secondary N) is 1. The van der Waals surface area contributed by atoms with E-state index >= 15 is 0 Å². The molecule has 0 bridgehead atoms. The van der Waals surface area contributed by atoms with E-state index in [-0.39, 0.29) is 0 Å². The van der Waals surface area contributed by atoms with Gasteiger partial charge in [-0.3, -0.25) is 5.10 Å². The molecule has 3 N–H and O–H groups in total. The Bertz CT molecular complexity index is 416. The third-order valence-corrected chi connectivity index (χ3v) is 1.99. The summed E-state index contributed by atoms with van der Waals surface area (Å²) in [5.41, 5.74) is 7.53. The molecule has 4 nitrogen and oxygen atoms in total.